The van der Waals surface area contributed by atoms with E-state index in [0.29, 0.717) is 5.52 Å². The number of fused-ring (bicyclic) bond motifs is 2. The van der Waals surface area contributed by atoms with Crippen LogP contribution < -0.4 is 0 Å². The molecular formula is C42H34F6N4O6. The number of alkyl halides is 6. The molecule has 0 saturated heterocycles. The Balaban J connectivity index is 0.000000221. The molecule has 4 aromatic carbocycles. The average Bonchev–Trinajstić information content (AvgIpc) is 3.73. The van der Waals surface area contributed by atoms with Crippen LogP contribution in [0.1, 0.15) is 47.2 Å². The normalized spacial score (nSPS) is 13.7. The number of rotatable bonds is 11. The number of hydrogen-bond donors (Lipinski definition) is 2. The van der Waals surface area contributed by atoms with Crippen molar-refractivity contribution in [1.29, 1.82) is 10.5 Å². The summed E-state index contributed by atoms with van der Waals surface area (Å²) in [6, 6.07) is 30.0. The fraction of sp³-hybridized carbons (Fsp3) is 0.238. The van der Waals surface area contributed by atoms with E-state index in [1.54, 1.807) is 54.6 Å². The van der Waals surface area contributed by atoms with E-state index in [2.05, 4.69) is 4.74 Å². The van der Waals surface area contributed by atoms with Crippen molar-refractivity contribution in [2.75, 3.05) is 13.2 Å². The Kier molecular flexibility index (Phi) is 12.4. The highest BCUT2D eigenvalue weighted by Crippen LogP contribution is 2.47. The summed E-state index contributed by atoms with van der Waals surface area (Å²) in [5, 5.41) is 38.6. The van der Waals surface area contributed by atoms with Crippen LogP contribution in [-0.2, 0) is 43.4 Å². The van der Waals surface area contributed by atoms with E-state index < -0.39 is 53.2 Å². The van der Waals surface area contributed by atoms with Gasteiger partial charge in [-0.2, -0.15) is 36.9 Å². The van der Waals surface area contributed by atoms with Gasteiger partial charge in [-0.05, 0) is 49.2 Å². The summed E-state index contributed by atoms with van der Waals surface area (Å²) >= 11 is 0. The van der Waals surface area contributed by atoms with E-state index in [9.17, 15) is 51.4 Å². The Bertz CT molecular complexity index is 2520. The molecule has 2 aromatic heterocycles. The molecule has 0 fully saturated rings. The first-order valence-corrected chi connectivity index (χ1v) is 17.5. The Labute approximate surface area is 327 Å². The highest BCUT2D eigenvalue weighted by atomic mass is 19.4. The molecule has 0 aliphatic carbocycles. The number of carbonyl (C=O) groups excluding carboxylic acids is 1. The Morgan fingerprint density at radius 1 is 0.672 bits per heavy atom. The summed E-state index contributed by atoms with van der Waals surface area (Å²) in [4.78, 5) is 24.1. The van der Waals surface area contributed by atoms with Crippen molar-refractivity contribution in [3.05, 3.63) is 143 Å². The maximum Gasteiger partial charge on any atom is 0.432 e. The number of aliphatic carboxylic acids is 1. The quantitative estimate of drug-likeness (QED) is 0.0981. The molecule has 0 aliphatic rings. The first kappa shape index (κ1) is 42.5. The number of hydrogen-bond acceptors (Lipinski definition) is 7. The molecule has 0 bridgehead atoms. The zero-order chi connectivity index (χ0) is 42.5. The Hall–Kier alpha value is -6.62. The van der Waals surface area contributed by atoms with Gasteiger partial charge in [0, 0.05) is 54.0 Å². The minimum atomic E-state index is -5.31. The fourth-order valence-electron chi connectivity index (χ4n) is 6.55. The molecule has 0 aliphatic heterocycles. The van der Waals surface area contributed by atoms with Crippen molar-refractivity contribution >= 4 is 33.7 Å². The number of esters is 1. The van der Waals surface area contributed by atoms with E-state index in [1.165, 1.54) is 59.4 Å². The number of carboxylic acids is 1. The molecule has 0 saturated carbocycles. The van der Waals surface area contributed by atoms with Crippen LogP contribution in [0, 0.1) is 22.7 Å². The monoisotopic (exact) mass is 804 g/mol. The van der Waals surface area contributed by atoms with Crippen molar-refractivity contribution in [3.63, 3.8) is 0 Å². The highest BCUT2D eigenvalue weighted by Gasteiger charge is 2.65. The zero-order valence-electron chi connectivity index (χ0n) is 30.8. The molecule has 58 heavy (non-hydrogen) atoms. The number of nitrogens with zero attached hydrogens (tertiary/aromatic N) is 4. The minimum Gasteiger partial charge on any atom is -0.479 e. The maximum atomic E-state index is 14.0. The number of aromatic nitrogens is 2. The van der Waals surface area contributed by atoms with E-state index in [1.807, 2.05) is 18.2 Å². The third kappa shape index (κ3) is 7.98. The Morgan fingerprint density at radius 2 is 1.12 bits per heavy atom. The number of halogens is 6. The summed E-state index contributed by atoms with van der Waals surface area (Å²) < 4.78 is 96.1. The zero-order valence-corrected chi connectivity index (χ0v) is 30.8. The second-order valence-electron chi connectivity index (χ2n) is 12.8. The van der Waals surface area contributed by atoms with Gasteiger partial charge in [-0.25, -0.2) is 9.59 Å². The van der Waals surface area contributed by atoms with Crippen LogP contribution in [0.5, 0.6) is 0 Å². The first-order valence-electron chi connectivity index (χ1n) is 17.5. The Morgan fingerprint density at radius 3 is 1.50 bits per heavy atom. The molecule has 0 spiro atoms. The number of carbonyl (C=O) groups is 2. The van der Waals surface area contributed by atoms with Crippen molar-refractivity contribution in [1.82, 2.24) is 9.13 Å². The van der Waals surface area contributed by atoms with Gasteiger partial charge in [0.15, 0.2) is 0 Å². The average molecular weight is 805 g/mol. The number of ether oxygens (including phenoxy) is 2. The van der Waals surface area contributed by atoms with E-state index in [-0.39, 0.29) is 47.1 Å². The van der Waals surface area contributed by atoms with Crippen LogP contribution in [0.15, 0.2) is 109 Å². The molecule has 16 heteroatoms. The van der Waals surface area contributed by atoms with Crippen molar-refractivity contribution < 1.29 is 55.6 Å². The topological polar surface area (TPSA) is 150 Å². The second kappa shape index (κ2) is 16.9. The maximum absolute atomic E-state index is 14.0. The molecule has 0 radical (unpaired) electrons. The van der Waals surface area contributed by atoms with Gasteiger partial charge >= 0.3 is 24.3 Å². The van der Waals surface area contributed by atoms with Gasteiger partial charge in [-0.3, -0.25) is 0 Å². The lowest BCUT2D eigenvalue weighted by Crippen LogP contribution is -2.51. The lowest BCUT2D eigenvalue weighted by Gasteiger charge is -2.31. The van der Waals surface area contributed by atoms with E-state index >= 15 is 0 Å². The molecule has 6 rings (SSSR count). The van der Waals surface area contributed by atoms with Crippen LogP contribution in [0.2, 0.25) is 0 Å². The highest BCUT2D eigenvalue weighted by molar-refractivity contribution is 5.94. The van der Waals surface area contributed by atoms with Crippen LogP contribution >= 0.6 is 0 Å². The predicted molar refractivity (Wildman–Crippen MR) is 198 cm³/mol. The van der Waals surface area contributed by atoms with Crippen molar-refractivity contribution in [2.45, 2.75) is 50.5 Å². The molecule has 300 valence electrons. The van der Waals surface area contributed by atoms with Gasteiger partial charge in [0.1, 0.15) is 0 Å². The first-order chi connectivity index (χ1) is 27.5. The summed E-state index contributed by atoms with van der Waals surface area (Å²) in [5.41, 5.74) is -5.81. The lowest BCUT2D eigenvalue weighted by atomic mass is 9.92. The largest absolute Gasteiger partial charge is 0.479 e. The van der Waals surface area contributed by atoms with Crippen LogP contribution in [-0.4, -0.2) is 56.9 Å². The summed E-state index contributed by atoms with van der Waals surface area (Å²) in [6.45, 7) is 2.27. The van der Waals surface area contributed by atoms with E-state index in [4.69, 9.17) is 10.00 Å². The summed E-state index contributed by atoms with van der Waals surface area (Å²) in [6.07, 6.45) is -8.27. The molecule has 2 heterocycles. The molecule has 0 amide bonds. The van der Waals surface area contributed by atoms with Crippen LogP contribution in [0.25, 0.3) is 21.8 Å². The SMILES string of the molecule is CCOC(=O)C(O)(c1cn(Cc2ccccc2)c2cc(C#N)ccc12)C(F)(F)F.CCOC(C(=O)O)(c1cn(Cc2ccccc2)c2cc(C#N)ccc12)C(F)(F)F. The van der Waals surface area contributed by atoms with Gasteiger partial charge in [-0.15, -0.1) is 0 Å². The molecule has 2 N–H and O–H groups in total. The molecule has 2 unspecified atom stereocenters. The van der Waals surface area contributed by atoms with Crippen molar-refractivity contribution in [3.8, 4) is 12.1 Å². The van der Waals surface area contributed by atoms with Gasteiger partial charge in [0.2, 0.25) is 0 Å². The third-order valence-electron chi connectivity index (χ3n) is 9.23. The summed E-state index contributed by atoms with van der Waals surface area (Å²) in [5.74, 6) is -3.94. The number of aliphatic hydroxyl groups is 1. The second-order valence-corrected chi connectivity index (χ2v) is 12.8. The fourth-order valence-corrected chi connectivity index (χ4v) is 6.55. The van der Waals surface area contributed by atoms with Gasteiger partial charge in [0.05, 0.1) is 40.9 Å². The predicted octanol–water partition coefficient (Wildman–Crippen LogP) is 8.31. The van der Waals surface area contributed by atoms with Crippen LogP contribution in [0.3, 0.4) is 0 Å². The minimum absolute atomic E-state index is 0.00723. The van der Waals surface area contributed by atoms with Gasteiger partial charge < -0.3 is 28.8 Å². The number of carboxylic acid groups (broad SMARTS) is 1. The smallest absolute Gasteiger partial charge is 0.432 e. The molecule has 6 aromatic rings. The molecule has 2 atom stereocenters. The third-order valence-corrected chi connectivity index (χ3v) is 9.23. The number of nitriles is 2. The van der Waals surface area contributed by atoms with Crippen LogP contribution in [0.4, 0.5) is 26.3 Å². The standard InChI is InChI=1S/2C21H17F3N2O3/c1-2-29-19(27)20(28,21(22,23)24)17-13-26(12-14-6-4-3-5-7-14)18-10-15(11-25)8-9-16(17)18;1-2-29-20(19(27)28,21(22,23)24)17-13-26(12-14-6-4-3-5-7-14)18-10-15(11-25)8-9-16(17)18/h3-10,13,28H,2,12H2,1H3;3-10,13H,2,12H2,1H3,(H,27,28). The number of benzene rings is 4. The van der Waals surface area contributed by atoms with E-state index in [0.717, 1.165) is 23.5 Å². The summed E-state index contributed by atoms with van der Waals surface area (Å²) in [7, 11) is 0. The van der Waals surface area contributed by atoms with Gasteiger partial charge in [0.25, 0.3) is 11.2 Å². The molecule has 10 nitrogen and oxygen atoms in total. The van der Waals surface area contributed by atoms with Gasteiger partial charge in [-0.1, -0.05) is 72.8 Å². The van der Waals surface area contributed by atoms with Crippen molar-refractivity contribution in [2.24, 2.45) is 0 Å². The molecular weight excluding hydrogens is 770 g/mol. The lowest BCUT2D eigenvalue weighted by molar-refractivity contribution is -0.279.